The second-order valence-electron chi connectivity index (χ2n) is 6.69. The van der Waals surface area contributed by atoms with Crippen LogP contribution >= 0.6 is 0 Å². The van der Waals surface area contributed by atoms with Crippen LogP contribution in [0.4, 0.5) is 0 Å². The minimum atomic E-state index is -3.40. The van der Waals surface area contributed by atoms with E-state index in [9.17, 15) is 13.2 Å². The van der Waals surface area contributed by atoms with Crippen molar-refractivity contribution in [2.24, 2.45) is 5.92 Å². The molecular weight excluding hydrogens is 294 g/mol. The molecule has 0 radical (unpaired) electrons. The van der Waals surface area contributed by atoms with E-state index in [2.05, 4.69) is 5.32 Å². The highest BCUT2D eigenvalue weighted by Crippen LogP contribution is 2.25. The molecule has 1 aliphatic carbocycles. The number of nitrogens with one attached hydrogen (secondary N) is 1. The molecule has 124 valence electrons. The standard InChI is InChI=1S/C14H27NO5S/c1-14(2,3)19-10-13(16)15-12-7-5-6-11(8-12)9-20-21(4,17)18/h11-12H,5-10H2,1-4H3,(H,15,16). The second-order valence-corrected chi connectivity index (χ2v) is 8.33. The highest BCUT2D eigenvalue weighted by molar-refractivity contribution is 7.85. The molecule has 7 heteroatoms. The summed E-state index contributed by atoms with van der Waals surface area (Å²) in [6, 6.07) is 0.0722. The molecule has 1 rings (SSSR count). The van der Waals surface area contributed by atoms with Gasteiger partial charge in [-0.15, -0.1) is 0 Å². The molecule has 1 saturated carbocycles. The molecule has 0 aromatic rings. The smallest absolute Gasteiger partial charge is 0.264 e. The van der Waals surface area contributed by atoms with Crippen molar-refractivity contribution in [1.29, 1.82) is 0 Å². The summed E-state index contributed by atoms with van der Waals surface area (Å²) in [4.78, 5) is 11.8. The van der Waals surface area contributed by atoms with Gasteiger partial charge in [0.15, 0.2) is 0 Å². The van der Waals surface area contributed by atoms with E-state index in [4.69, 9.17) is 8.92 Å². The van der Waals surface area contributed by atoms with Crippen molar-refractivity contribution in [3.63, 3.8) is 0 Å². The lowest BCUT2D eigenvalue weighted by atomic mass is 9.86. The fourth-order valence-electron chi connectivity index (χ4n) is 2.34. The lowest BCUT2D eigenvalue weighted by Crippen LogP contribution is -2.42. The number of hydrogen-bond donors (Lipinski definition) is 1. The van der Waals surface area contributed by atoms with Gasteiger partial charge in [-0.3, -0.25) is 8.98 Å². The number of hydrogen-bond acceptors (Lipinski definition) is 5. The number of amides is 1. The van der Waals surface area contributed by atoms with Gasteiger partial charge in [-0.25, -0.2) is 0 Å². The van der Waals surface area contributed by atoms with Crippen LogP contribution in [0.2, 0.25) is 0 Å². The summed E-state index contributed by atoms with van der Waals surface area (Å²) in [5, 5.41) is 2.95. The summed E-state index contributed by atoms with van der Waals surface area (Å²) >= 11 is 0. The largest absolute Gasteiger partial charge is 0.366 e. The zero-order valence-corrected chi connectivity index (χ0v) is 14.2. The number of carbonyl (C=O) groups is 1. The zero-order valence-electron chi connectivity index (χ0n) is 13.3. The van der Waals surface area contributed by atoms with Crippen molar-refractivity contribution >= 4 is 16.0 Å². The third kappa shape index (κ3) is 9.06. The van der Waals surface area contributed by atoms with E-state index in [1.54, 1.807) is 0 Å². The van der Waals surface area contributed by atoms with Crippen LogP contribution in [-0.2, 0) is 23.8 Å². The van der Waals surface area contributed by atoms with E-state index < -0.39 is 10.1 Å². The Labute approximate surface area is 127 Å². The SMILES string of the molecule is CC(C)(C)OCC(=O)NC1CCCC(COS(C)(=O)=O)C1. The van der Waals surface area contributed by atoms with Crippen LogP contribution in [-0.4, -0.2) is 45.4 Å². The quantitative estimate of drug-likeness (QED) is 0.749. The first-order valence-corrected chi connectivity index (χ1v) is 9.14. The first kappa shape index (κ1) is 18.4. The Morgan fingerprint density at radius 1 is 1.29 bits per heavy atom. The molecule has 0 aliphatic heterocycles. The van der Waals surface area contributed by atoms with E-state index in [-0.39, 0.29) is 36.7 Å². The van der Waals surface area contributed by atoms with Crippen LogP contribution in [0.1, 0.15) is 46.5 Å². The Balaban J connectivity index is 2.34. The van der Waals surface area contributed by atoms with Crippen molar-refractivity contribution in [2.75, 3.05) is 19.5 Å². The van der Waals surface area contributed by atoms with E-state index in [1.807, 2.05) is 20.8 Å². The van der Waals surface area contributed by atoms with Gasteiger partial charge < -0.3 is 10.1 Å². The molecule has 2 unspecified atom stereocenters. The van der Waals surface area contributed by atoms with Crippen molar-refractivity contribution in [1.82, 2.24) is 5.32 Å². The van der Waals surface area contributed by atoms with Gasteiger partial charge in [-0.05, 0) is 46.0 Å². The summed E-state index contributed by atoms with van der Waals surface area (Å²) in [5.41, 5.74) is -0.338. The minimum Gasteiger partial charge on any atom is -0.366 e. The summed E-state index contributed by atoms with van der Waals surface area (Å²) in [6.07, 6.45) is 4.61. The molecular formula is C14H27NO5S. The molecule has 0 aromatic carbocycles. The average Bonchev–Trinajstić information content (AvgIpc) is 2.33. The summed E-state index contributed by atoms with van der Waals surface area (Å²) in [7, 11) is -3.40. The number of ether oxygens (including phenoxy) is 1. The fraction of sp³-hybridized carbons (Fsp3) is 0.929. The van der Waals surface area contributed by atoms with Gasteiger partial charge >= 0.3 is 0 Å². The molecule has 1 amide bonds. The minimum absolute atomic E-state index is 0.0461. The summed E-state index contributed by atoms with van der Waals surface area (Å²) in [6.45, 7) is 5.95. The molecule has 6 nitrogen and oxygen atoms in total. The van der Waals surface area contributed by atoms with E-state index in [0.717, 1.165) is 31.9 Å². The van der Waals surface area contributed by atoms with Crippen molar-refractivity contribution in [3.05, 3.63) is 0 Å². The van der Waals surface area contributed by atoms with Gasteiger partial charge in [0, 0.05) is 6.04 Å². The van der Waals surface area contributed by atoms with Crippen LogP contribution in [0.5, 0.6) is 0 Å². The Bertz CT molecular complexity index is 441. The molecule has 0 heterocycles. The summed E-state index contributed by atoms with van der Waals surface area (Å²) in [5.74, 6) is 0.0434. The maximum atomic E-state index is 11.8. The Kier molecular flexibility index (Phi) is 6.62. The van der Waals surface area contributed by atoms with Crippen molar-refractivity contribution in [3.8, 4) is 0 Å². The highest BCUT2D eigenvalue weighted by Gasteiger charge is 2.25. The Morgan fingerprint density at radius 2 is 1.95 bits per heavy atom. The van der Waals surface area contributed by atoms with Gasteiger partial charge in [0.25, 0.3) is 10.1 Å². The molecule has 0 spiro atoms. The van der Waals surface area contributed by atoms with Crippen LogP contribution in [0.15, 0.2) is 0 Å². The average molecular weight is 321 g/mol. The number of carbonyl (C=O) groups excluding carboxylic acids is 1. The topological polar surface area (TPSA) is 81.7 Å². The summed E-state index contributed by atoms with van der Waals surface area (Å²) < 4.78 is 32.3. The van der Waals surface area contributed by atoms with Crippen LogP contribution in [0.3, 0.4) is 0 Å². The molecule has 2 atom stereocenters. The van der Waals surface area contributed by atoms with Crippen LogP contribution in [0, 0.1) is 5.92 Å². The van der Waals surface area contributed by atoms with E-state index in [1.165, 1.54) is 0 Å². The molecule has 21 heavy (non-hydrogen) atoms. The Hall–Kier alpha value is -0.660. The fourth-order valence-corrected chi connectivity index (χ4v) is 2.78. The highest BCUT2D eigenvalue weighted by atomic mass is 32.2. The van der Waals surface area contributed by atoms with Crippen molar-refractivity contribution < 1.29 is 22.1 Å². The normalized spacial score (nSPS) is 23.8. The monoisotopic (exact) mass is 321 g/mol. The van der Waals surface area contributed by atoms with Crippen molar-refractivity contribution in [2.45, 2.75) is 58.1 Å². The van der Waals surface area contributed by atoms with Crippen LogP contribution < -0.4 is 5.32 Å². The van der Waals surface area contributed by atoms with Gasteiger partial charge in [0.2, 0.25) is 5.91 Å². The molecule has 1 N–H and O–H groups in total. The third-order valence-electron chi connectivity index (χ3n) is 3.30. The molecule has 0 saturated heterocycles. The number of rotatable bonds is 6. The Morgan fingerprint density at radius 3 is 2.52 bits per heavy atom. The molecule has 0 bridgehead atoms. The maximum Gasteiger partial charge on any atom is 0.264 e. The van der Waals surface area contributed by atoms with Crippen LogP contribution in [0.25, 0.3) is 0 Å². The maximum absolute atomic E-state index is 11.8. The van der Waals surface area contributed by atoms with Gasteiger partial charge in [-0.2, -0.15) is 8.42 Å². The van der Waals surface area contributed by atoms with Gasteiger partial charge in [-0.1, -0.05) is 6.42 Å². The van der Waals surface area contributed by atoms with E-state index >= 15 is 0 Å². The first-order valence-electron chi connectivity index (χ1n) is 7.33. The van der Waals surface area contributed by atoms with Gasteiger partial charge in [0.1, 0.15) is 6.61 Å². The second kappa shape index (κ2) is 7.56. The molecule has 1 aliphatic rings. The van der Waals surface area contributed by atoms with E-state index in [0.29, 0.717) is 0 Å². The zero-order chi connectivity index (χ0) is 16.1. The predicted molar refractivity (Wildman–Crippen MR) is 80.4 cm³/mol. The lowest BCUT2D eigenvalue weighted by molar-refractivity contribution is -0.131. The van der Waals surface area contributed by atoms with Gasteiger partial charge in [0.05, 0.1) is 18.5 Å². The lowest BCUT2D eigenvalue weighted by Gasteiger charge is -2.29. The first-order chi connectivity index (χ1) is 9.55. The third-order valence-corrected chi connectivity index (χ3v) is 3.87. The molecule has 0 aromatic heterocycles. The molecule has 1 fully saturated rings. The predicted octanol–water partition coefficient (Wildman–Crippen LogP) is 1.45.